The standard InChI is InChI=1S/C21H20N2O4S/c24-19(22-16-9-8-14-4-3-5-15(14)10-16)11-27-21(25)13-26-12-20-23-17-6-1-2-7-18(17)28-20/h1-2,6-10H,3-5,11-13H2,(H,22,24). The lowest BCUT2D eigenvalue weighted by Gasteiger charge is -2.08. The molecule has 1 heterocycles. The van der Waals surface area contributed by atoms with Gasteiger partial charge in [-0.15, -0.1) is 11.3 Å². The summed E-state index contributed by atoms with van der Waals surface area (Å²) in [6, 6.07) is 13.7. The van der Waals surface area contributed by atoms with E-state index in [1.807, 2.05) is 42.5 Å². The van der Waals surface area contributed by atoms with Gasteiger partial charge in [-0.1, -0.05) is 18.2 Å². The third-order valence-electron chi connectivity index (χ3n) is 4.53. The summed E-state index contributed by atoms with van der Waals surface area (Å²) in [5.74, 6) is -0.942. The number of hydrogen-bond acceptors (Lipinski definition) is 6. The van der Waals surface area contributed by atoms with Crippen molar-refractivity contribution in [2.24, 2.45) is 0 Å². The Balaban J connectivity index is 1.18. The fourth-order valence-corrected chi connectivity index (χ4v) is 4.14. The van der Waals surface area contributed by atoms with E-state index in [0.29, 0.717) is 0 Å². The summed E-state index contributed by atoms with van der Waals surface area (Å²) in [7, 11) is 0. The number of anilines is 1. The summed E-state index contributed by atoms with van der Waals surface area (Å²) >= 11 is 1.52. The van der Waals surface area contributed by atoms with E-state index < -0.39 is 5.97 Å². The van der Waals surface area contributed by atoms with Gasteiger partial charge in [-0.3, -0.25) is 4.79 Å². The molecule has 1 N–H and O–H groups in total. The molecular weight excluding hydrogens is 376 g/mol. The molecule has 0 saturated carbocycles. The number of aryl methyl sites for hydroxylation is 2. The van der Waals surface area contributed by atoms with Crippen LogP contribution < -0.4 is 5.32 Å². The van der Waals surface area contributed by atoms with Gasteiger partial charge in [-0.05, 0) is 54.7 Å². The van der Waals surface area contributed by atoms with Crippen LogP contribution in [0.4, 0.5) is 5.69 Å². The number of carbonyl (C=O) groups excluding carboxylic acids is 2. The second kappa shape index (κ2) is 8.50. The van der Waals surface area contributed by atoms with Gasteiger partial charge >= 0.3 is 5.97 Å². The average Bonchev–Trinajstić information content (AvgIpc) is 3.32. The highest BCUT2D eigenvalue weighted by molar-refractivity contribution is 7.18. The number of aromatic nitrogens is 1. The van der Waals surface area contributed by atoms with Crippen LogP contribution in [0, 0.1) is 0 Å². The Morgan fingerprint density at radius 3 is 2.82 bits per heavy atom. The average molecular weight is 396 g/mol. The van der Waals surface area contributed by atoms with Crippen LogP contribution in [0.5, 0.6) is 0 Å². The minimum atomic E-state index is -0.579. The molecular formula is C21H20N2O4S. The van der Waals surface area contributed by atoms with Crippen molar-refractivity contribution in [2.45, 2.75) is 25.9 Å². The van der Waals surface area contributed by atoms with Crippen molar-refractivity contribution in [1.82, 2.24) is 4.98 Å². The van der Waals surface area contributed by atoms with E-state index >= 15 is 0 Å². The molecule has 0 atom stereocenters. The van der Waals surface area contributed by atoms with Crippen LogP contribution in [0.3, 0.4) is 0 Å². The van der Waals surface area contributed by atoms with Gasteiger partial charge in [0.05, 0.1) is 16.8 Å². The van der Waals surface area contributed by atoms with Crippen molar-refractivity contribution in [2.75, 3.05) is 18.5 Å². The zero-order valence-corrected chi connectivity index (χ0v) is 16.1. The number of amides is 1. The van der Waals surface area contributed by atoms with Gasteiger partial charge in [0.2, 0.25) is 0 Å². The van der Waals surface area contributed by atoms with Gasteiger partial charge in [0.15, 0.2) is 6.61 Å². The van der Waals surface area contributed by atoms with Crippen LogP contribution in [-0.4, -0.2) is 30.1 Å². The van der Waals surface area contributed by atoms with Gasteiger partial charge < -0.3 is 14.8 Å². The molecule has 2 aromatic carbocycles. The van der Waals surface area contributed by atoms with Gasteiger partial charge in [-0.25, -0.2) is 9.78 Å². The number of rotatable bonds is 7. The number of thiazole rings is 1. The van der Waals surface area contributed by atoms with E-state index in [2.05, 4.69) is 10.3 Å². The molecule has 6 nitrogen and oxygen atoms in total. The van der Waals surface area contributed by atoms with Gasteiger partial charge in [0.1, 0.15) is 11.6 Å². The lowest BCUT2D eigenvalue weighted by molar-refractivity contribution is -0.152. The number of fused-ring (bicyclic) bond motifs is 2. The maximum atomic E-state index is 12.0. The van der Waals surface area contributed by atoms with Crippen LogP contribution in [0.25, 0.3) is 10.2 Å². The van der Waals surface area contributed by atoms with E-state index in [9.17, 15) is 9.59 Å². The Morgan fingerprint density at radius 2 is 1.93 bits per heavy atom. The zero-order valence-electron chi connectivity index (χ0n) is 15.3. The summed E-state index contributed by atoms with van der Waals surface area (Å²) < 4.78 is 11.4. The van der Waals surface area contributed by atoms with Crippen molar-refractivity contribution < 1.29 is 19.1 Å². The second-order valence-electron chi connectivity index (χ2n) is 6.61. The van der Waals surface area contributed by atoms with Crippen LogP contribution in [0.15, 0.2) is 42.5 Å². The van der Waals surface area contributed by atoms with E-state index in [-0.39, 0.29) is 25.7 Å². The maximum absolute atomic E-state index is 12.0. The van der Waals surface area contributed by atoms with Gasteiger partial charge in [0, 0.05) is 5.69 Å². The maximum Gasteiger partial charge on any atom is 0.332 e. The van der Waals surface area contributed by atoms with Crippen LogP contribution in [-0.2, 0) is 38.5 Å². The molecule has 0 unspecified atom stereocenters. The number of nitrogens with one attached hydrogen (secondary N) is 1. The molecule has 0 saturated heterocycles. The Kier molecular flexibility index (Phi) is 5.64. The fourth-order valence-electron chi connectivity index (χ4n) is 3.24. The van der Waals surface area contributed by atoms with Crippen molar-refractivity contribution in [3.8, 4) is 0 Å². The first kappa shape index (κ1) is 18.6. The SMILES string of the molecule is O=C(COC(=O)COCc1nc2ccccc2s1)Nc1ccc2c(c1)CCC2. The van der Waals surface area contributed by atoms with Crippen molar-refractivity contribution in [1.29, 1.82) is 0 Å². The Morgan fingerprint density at radius 1 is 1.07 bits per heavy atom. The van der Waals surface area contributed by atoms with E-state index in [4.69, 9.17) is 9.47 Å². The smallest absolute Gasteiger partial charge is 0.332 e. The Bertz CT molecular complexity index is 982. The molecule has 1 aliphatic rings. The van der Waals surface area contributed by atoms with E-state index in [1.165, 1.54) is 22.5 Å². The number of esters is 1. The largest absolute Gasteiger partial charge is 0.454 e. The first-order chi connectivity index (χ1) is 13.7. The normalized spacial score (nSPS) is 12.7. The number of benzene rings is 2. The van der Waals surface area contributed by atoms with Crippen LogP contribution in [0.2, 0.25) is 0 Å². The van der Waals surface area contributed by atoms with Crippen molar-refractivity contribution >= 4 is 39.1 Å². The van der Waals surface area contributed by atoms with E-state index in [1.54, 1.807) is 0 Å². The molecule has 1 aliphatic carbocycles. The number of carbonyl (C=O) groups is 2. The Hall–Kier alpha value is -2.77. The molecule has 1 aromatic heterocycles. The van der Waals surface area contributed by atoms with Gasteiger partial charge in [0.25, 0.3) is 5.91 Å². The summed E-state index contributed by atoms with van der Waals surface area (Å²) in [5.41, 5.74) is 4.26. The van der Waals surface area contributed by atoms with Crippen LogP contribution >= 0.6 is 11.3 Å². The lowest BCUT2D eigenvalue weighted by atomic mass is 10.1. The predicted molar refractivity (Wildman–Crippen MR) is 107 cm³/mol. The highest BCUT2D eigenvalue weighted by atomic mass is 32.1. The first-order valence-corrected chi connectivity index (χ1v) is 9.98. The third kappa shape index (κ3) is 4.55. The molecule has 7 heteroatoms. The molecule has 0 aliphatic heterocycles. The second-order valence-corrected chi connectivity index (χ2v) is 7.73. The third-order valence-corrected chi connectivity index (χ3v) is 5.54. The monoisotopic (exact) mass is 396 g/mol. The molecule has 0 fully saturated rings. The fraction of sp³-hybridized carbons (Fsp3) is 0.286. The number of nitrogens with zero attached hydrogens (tertiary/aromatic N) is 1. The molecule has 3 aromatic rings. The summed E-state index contributed by atoms with van der Waals surface area (Å²) in [6.07, 6.45) is 3.29. The first-order valence-electron chi connectivity index (χ1n) is 9.17. The summed E-state index contributed by atoms with van der Waals surface area (Å²) in [5, 5.41) is 3.55. The number of ether oxygens (including phenoxy) is 2. The van der Waals surface area contributed by atoms with Crippen LogP contribution in [0.1, 0.15) is 22.6 Å². The Labute approximate surface area is 166 Å². The minimum Gasteiger partial charge on any atom is -0.454 e. The molecule has 0 radical (unpaired) electrons. The molecule has 144 valence electrons. The minimum absolute atomic E-state index is 0.220. The molecule has 0 bridgehead atoms. The molecule has 28 heavy (non-hydrogen) atoms. The highest BCUT2D eigenvalue weighted by Crippen LogP contribution is 2.25. The lowest BCUT2D eigenvalue weighted by Crippen LogP contribution is -2.23. The van der Waals surface area contributed by atoms with Crippen molar-refractivity contribution in [3.05, 3.63) is 58.6 Å². The number of para-hydroxylation sites is 1. The van der Waals surface area contributed by atoms with E-state index in [0.717, 1.165) is 40.2 Å². The molecule has 4 rings (SSSR count). The summed E-state index contributed by atoms with van der Waals surface area (Å²) in [6.45, 7) is -0.321. The summed E-state index contributed by atoms with van der Waals surface area (Å²) in [4.78, 5) is 28.2. The molecule has 1 amide bonds. The number of hydrogen-bond donors (Lipinski definition) is 1. The highest BCUT2D eigenvalue weighted by Gasteiger charge is 2.13. The quantitative estimate of drug-likeness (QED) is 0.619. The topological polar surface area (TPSA) is 77.5 Å². The van der Waals surface area contributed by atoms with Gasteiger partial charge in [-0.2, -0.15) is 0 Å². The molecule has 0 spiro atoms. The zero-order chi connectivity index (χ0) is 19.3. The van der Waals surface area contributed by atoms with Crippen molar-refractivity contribution in [3.63, 3.8) is 0 Å². The predicted octanol–water partition coefficient (Wildman–Crippen LogP) is 3.48.